The van der Waals surface area contributed by atoms with E-state index in [1.54, 1.807) is 23.2 Å². The Morgan fingerprint density at radius 2 is 1.86 bits per heavy atom. The van der Waals surface area contributed by atoms with Crippen LogP contribution in [0.4, 0.5) is 19.8 Å². The number of likely N-dealkylation sites (N-methyl/N-ethyl adjacent to an activating group) is 1. The Kier molecular flexibility index (Phi) is 11.5. The summed E-state index contributed by atoms with van der Waals surface area (Å²) >= 11 is 6.02. The van der Waals surface area contributed by atoms with E-state index < -0.39 is 24.0 Å². The van der Waals surface area contributed by atoms with Gasteiger partial charge in [0.15, 0.2) is 0 Å². The summed E-state index contributed by atoms with van der Waals surface area (Å²) in [5, 5.41) is 16.2. The van der Waals surface area contributed by atoms with Crippen LogP contribution in [0.15, 0.2) is 54.7 Å². The molecule has 43 heavy (non-hydrogen) atoms. The number of β-amino-alcohol motifs (C(OH)–C–C–N with tert-alkyl or cyclic N) is 1. The summed E-state index contributed by atoms with van der Waals surface area (Å²) in [4.78, 5) is 48.1. The van der Waals surface area contributed by atoms with Crippen LogP contribution in [0.2, 0.25) is 5.02 Å². The van der Waals surface area contributed by atoms with Crippen LogP contribution < -0.4 is 10.6 Å². The summed E-state index contributed by atoms with van der Waals surface area (Å²) in [6, 6.07) is 12.5. The molecule has 11 nitrogen and oxygen atoms in total. The zero-order chi connectivity index (χ0) is 30.8. The maximum absolute atomic E-state index is 13.8. The molecule has 1 saturated heterocycles. The lowest BCUT2D eigenvalue weighted by Gasteiger charge is -2.35. The van der Waals surface area contributed by atoms with Crippen molar-refractivity contribution in [1.82, 2.24) is 25.0 Å². The number of nitrogens with zero attached hydrogens (tertiary/aromatic N) is 4. The maximum Gasteiger partial charge on any atom is 0.412 e. The quantitative estimate of drug-likeness (QED) is 0.301. The van der Waals surface area contributed by atoms with Gasteiger partial charge >= 0.3 is 12.1 Å². The van der Waals surface area contributed by atoms with Crippen molar-refractivity contribution in [2.45, 2.75) is 25.4 Å². The van der Waals surface area contributed by atoms with Gasteiger partial charge in [0.25, 0.3) is 0 Å². The Morgan fingerprint density at radius 1 is 1.12 bits per heavy atom. The van der Waals surface area contributed by atoms with Gasteiger partial charge in [-0.15, -0.1) is 0 Å². The first-order chi connectivity index (χ1) is 20.7. The van der Waals surface area contributed by atoms with Crippen LogP contribution in [-0.4, -0.2) is 102 Å². The Labute approximate surface area is 254 Å². The number of benzene rings is 2. The molecule has 3 aromatic rings. The van der Waals surface area contributed by atoms with Gasteiger partial charge in [-0.2, -0.15) is 0 Å². The summed E-state index contributed by atoms with van der Waals surface area (Å²) in [6.45, 7) is 2.89. The second-order valence-electron chi connectivity index (χ2n) is 10.3. The Hall–Kier alpha value is -4.00. The molecule has 3 N–H and O–H groups in total. The number of carbonyl (C=O) groups is 3. The second-order valence-corrected chi connectivity index (χ2v) is 10.6. The lowest BCUT2D eigenvalue weighted by atomic mass is 10.1. The molecule has 2 heterocycles. The van der Waals surface area contributed by atoms with Crippen molar-refractivity contribution in [3.05, 3.63) is 71.1 Å². The molecule has 0 aliphatic carbocycles. The van der Waals surface area contributed by atoms with Crippen molar-refractivity contribution in [3.63, 3.8) is 0 Å². The third-order valence-corrected chi connectivity index (χ3v) is 7.85. The maximum atomic E-state index is 13.8. The molecule has 1 atom stereocenters. The molecule has 0 bridgehead atoms. The number of urea groups is 1. The molecule has 13 heteroatoms. The number of ether oxygens (including phenoxy) is 1. The van der Waals surface area contributed by atoms with Gasteiger partial charge in [-0.1, -0.05) is 48.0 Å². The number of amides is 4. The fourth-order valence-electron chi connectivity index (χ4n) is 4.81. The third-order valence-electron chi connectivity index (χ3n) is 7.43. The monoisotopic (exact) mass is 614 g/mol. The van der Waals surface area contributed by atoms with E-state index in [4.69, 9.17) is 21.4 Å². The first-order valence-corrected chi connectivity index (χ1v) is 14.5. The minimum absolute atomic E-state index is 0.0154. The molecule has 4 amide bonds. The van der Waals surface area contributed by atoms with E-state index in [2.05, 4.69) is 20.5 Å². The van der Waals surface area contributed by atoms with E-state index >= 15 is 0 Å². The Balaban J connectivity index is 1.36. The minimum atomic E-state index is -0.750. The van der Waals surface area contributed by atoms with Crippen molar-refractivity contribution in [1.29, 1.82) is 0 Å². The van der Waals surface area contributed by atoms with E-state index in [1.807, 2.05) is 24.3 Å². The standard InChI is InChI=1S/C30H36ClFN6O5/c1-36(29(41)34-19-23-7-4-8-25(32)28(23)31)24(9-10-27(40)38-13-11-37(12-14-38)15-16-39)20-43-30(42)35-26-17-21-5-2-3-6-22(21)18-33-26/h2-8,17-18,24,39H,9-16,19-20H2,1H3,(H,34,41)(H,33,35,42)/t24-/m0/s1. The highest BCUT2D eigenvalue weighted by Gasteiger charge is 2.26. The number of pyridine rings is 1. The lowest BCUT2D eigenvalue weighted by molar-refractivity contribution is -0.133. The number of halogens is 2. The Morgan fingerprint density at radius 3 is 2.60 bits per heavy atom. The van der Waals surface area contributed by atoms with E-state index in [0.717, 1.165) is 10.8 Å². The van der Waals surface area contributed by atoms with Crippen LogP contribution in [0.3, 0.4) is 0 Å². The summed E-state index contributed by atoms with van der Waals surface area (Å²) in [5.74, 6) is -0.344. The number of fused-ring (bicyclic) bond motifs is 1. The van der Waals surface area contributed by atoms with E-state index in [-0.39, 0.29) is 43.5 Å². The van der Waals surface area contributed by atoms with Crippen molar-refractivity contribution in [2.75, 3.05) is 58.3 Å². The van der Waals surface area contributed by atoms with Crippen LogP contribution in [-0.2, 0) is 16.1 Å². The molecular weight excluding hydrogens is 579 g/mol. The van der Waals surface area contributed by atoms with Gasteiger partial charge < -0.3 is 25.0 Å². The van der Waals surface area contributed by atoms with Gasteiger partial charge in [-0.3, -0.25) is 15.0 Å². The predicted molar refractivity (Wildman–Crippen MR) is 161 cm³/mol. The average Bonchev–Trinajstić information content (AvgIpc) is 3.01. The molecule has 1 aromatic heterocycles. The third kappa shape index (κ3) is 8.99. The summed E-state index contributed by atoms with van der Waals surface area (Å²) in [7, 11) is 1.54. The van der Waals surface area contributed by atoms with Gasteiger partial charge in [0.2, 0.25) is 5.91 Å². The fraction of sp³-hybridized carbons (Fsp3) is 0.400. The van der Waals surface area contributed by atoms with Crippen molar-refractivity contribution >= 4 is 46.2 Å². The number of anilines is 1. The van der Waals surface area contributed by atoms with E-state index in [0.29, 0.717) is 44.1 Å². The van der Waals surface area contributed by atoms with Gasteiger partial charge in [-0.25, -0.2) is 19.0 Å². The first-order valence-electron chi connectivity index (χ1n) is 14.1. The molecule has 0 unspecified atom stereocenters. The molecular formula is C30H36ClFN6O5. The van der Waals surface area contributed by atoms with E-state index in [1.165, 1.54) is 24.1 Å². The summed E-state index contributed by atoms with van der Waals surface area (Å²) in [5.41, 5.74) is 0.411. The highest BCUT2D eigenvalue weighted by atomic mass is 35.5. The number of aliphatic hydroxyl groups excluding tert-OH is 1. The largest absolute Gasteiger partial charge is 0.447 e. The molecule has 0 spiro atoms. The molecule has 1 aliphatic rings. The number of carbonyl (C=O) groups excluding carboxylic acids is 3. The van der Waals surface area contributed by atoms with Gasteiger partial charge in [0.05, 0.1) is 17.7 Å². The highest BCUT2D eigenvalue weighted by Crippen LogP contribution is 2.20. The smallest absolute Gasteiger partial charge is 0.412 e. The zero-order valence-electron chi connectivity index (χ0n) is 24.0. The van der Waals surface area contributed by atoms with Crippen LogP contribution in [0, 0.1) is 5.82 Å². The van der Waals surface area contributed by atoms with Gasteiger partial charge in [0.1, 0.15) is 18.2 Å². The van der Waals surface area contributed by atoms with Gasteiger partial charge in [-0.05, 0) is 29.5 Å². The predicted octanol–water partition coefficient (Wildman–Crippen LogP) is 3.70. The number of piperazine rings is 1. The van der Waals surface area contributed by atoms with Crippen molar-refractivity contribution in [2.24, 2.45) is 0 Å². The molecule has 2 aromatic carbocycles. The number of aromatic nitrogens is 1. The number of hydrogen-bond acceptors (Lipinski definition) is 7. The Bertz CT molecular complexity index is 1420. The zero-order valence-corrected chi connectivity index (χ0v) is 24.7. The topological polar surface area (TPSA) is 127 Å². The number of rotatable bonds is 11. The second kappa shape index (κ2) is 15.5. The molecule has 0 radical (unpaired) electrons. The lowest BCUT2D eigenvalue weighted by Crippen LogP contribution is -2.50. The number of aliphatic hydroxyl groups is 1. The normalized spacial score (nSPS) is 14.3. The van der Waals surface area contributed by atoms with E-state index in [9.17, 15) is 18.8 Å². The highest BCUT2D eigenvalue weighted by molar-refractivity contribution is 6.31. The molecule has 1 fully saturated rings. The van der Waals surface area contributed by atoms with Crippen molar-refractivity contribution in [3.8, 4) is 0 Å². The van der Waals surface area contributed by atoms with Crippen molar-refractivity contribution < 1.29 is 28.6 Å². The SMILES string of the molecule is CN(C(=O)NCc1cccc(F)c1Cl)[C@@H](CCC(=O)N1CCN(CCO)CC1)COC(=O)Nc1cc2ccccc2cn1. The molecule has 4 rings (SSSR count). The number of hydrogen-bond donors (Lipinski definition) is 3. The minimum Gasteiger partial charge on any atom is -0.447 e. The first kappa shape index (κ1) is 31.9. The molecule has 230 valence electrons. The summed E-state index contributed by atoms with van der Waals surface area (Å²) < 4.78 is 19.3. The van der Waals surface area contributed by atoms with Gasteiger partial charge in [0, 0.05) is 64.3 Å². The molecule has 1 aliphatic heterocycles. The van der Waals surface area contributed by atoms with Crippen LogP contribution in [0.1, 0.15) is 18.4 Å². The fourth-order valence-corrected chi connectivity index (χ4v) is 5.00. The van der Waals surface area contributed by atoms with Crippen LogP contribution in [0.5, 0.6) is 0 Å². The van der Waals surface area contributed by atoms with Crippen LogP contribution >= 0.6 is 11.6 Å². The summed E-state index contributed by atoms with van der Waals surface area (Å²) in [6.07, 6.45) is 1.27. The average molecular weight is 615 g/mol. The number of nitrogens with one attached hydrogen (secondary N) is 2. The molecule has 0 saturated carbocycles. The van der Waals surface area contributed by atoms with Crippen LogP contribution in [0.25, 0.3) is 10.8 Å².